The van der Waals surface area contributed by atoms with Crippen LogP contribution in [0.25, 0.3) is 0 Å². The summed E-state index contributed by atoms with van der Waals surface area (Å²) in [6, 6.07) is 0. The fourth-order valence-corrected chi connectivity index (χ4v) is 4.62. The van der Waals surface area contributed by atoms with Crippen molar-refractivity contribution >= 4 is 8.58 Å². The summed E-state index contributed by atoms with van der Waals surface area (Å²) in [5, 5.41) is 0. The summed E-state index contributed by atoms with van der Waals surface area (Å²) in [6.07, 6.45) is 29.9. The summed E-state index contributed by atoms with van der Waals surface area (Å²) >= 11 is 0. The lowest BCUT2D eigenvalue weighted by Crippen LogP contribution is -1.89. The maximum atomic E-state index is 2.62. The van der Waals surface area contributed by atoms with Gasteiger partial charge >= 0.3 is 0 Å². The zero-order valence-corrected chi connectivity index (χ0v) is 20.4. The molecule has 160 valence electrons. The second-order valence-corrected chi connectivity index (χ2v) is 9.53. The first-order valence-corrected chi connectivity index (χ1v) is 13.8. The van der Waals surface area contributed by atoms with Crippen molar-refractivity contribution in [1.29, 1.82) is 0 Å². The van der Waals surface area contributed by atoms with Crippen molar-refractivity contribution < 1.29 is 0 Å². The lowest BCUT2D eigenvalue weighted by Gasteiger charge is -2.09. The Labute approximate surface area is 174 Å². The second-order valence-electron chi connectivity index (χ2n) is 8.21. The molecule has 0 aromatic heterocycles. The zero-order valence-electron chi connectivity index (χ0n) is 19.4. The third-order valence-electron chi connectivity index (χ3n) is 5.48. The Morgan fingerprint density at radius 2 is 0.778 bits per heavy atom. The predicted molar refractivity (Wildman–Crippen MR) is 131 cm³/mol. The molecule has 0 radical (unpaired) electrons. The van der Waals surface area contributed by atoms with Crippen LogP contribution in [0.1, 0.15) is 130 Å². The Morgan fingerprint density at radius 1 is 0.481 bits per heavy atom. The highest BCUT2D eigenvalue weighted by Gasteiger charge is 2.00. The fourth-order valence-electron chi connectivity index (χ4n) is 3.58. The summed E-state index contributed by atoms with van der Waals surface area (Å²) in [5.41, 5.74) is 3.53. The highest BCUT2D eigenvalue weighted by atomic mass is 31.1. The van der Waals surface area contributed by atoms with Crippen molar-refractivity contribution in [3.63, 3.8) is 0 Å². The molecule has 0 aromatic rings. The van der Waals surface area contributed by atoms with Crippen LogP contribution in [0.4, 0.5) is 0 Å². The van der Waals surface area contributed by atoms with Gasteiger partial charge in [0, 0.05) is 0 Å². The summed E-state index contributed by atoms with van der Waals surface area (Å²) in [5.74, 6) is 0. The van der Waals surface area contributed by atoms with Gasteiger partial charge in [0.05, 0.1) is 0 Å². The summed E-state index contributed by atoms with van der Waals surface area (Å²) in [7, 11) is 1.09. The van der Waals surface area contributed by atoms with Gasteiger partial charge in [-0.25, -0.2) is 0 Å². The van der Waals surface area contributed by atoms with Crippen LogP contribution in [0.5, 0.6) is 0 Å². The van der Waals surface area contributed by atoms with Crippen LogP contribution in [-0.4, -0.2) is 12.3 Å². The van der Waals surface area contributed by atoms with Crippen molar-refractivity contribution in [2.75, 3.05) is 12.3 Å². The van der Waals surface area contributed by atoms with E-state index in [1.165, 1.54) is 115 Å². The first-order valence-electron chi connectivity index (χ1n) is 12.3. The van der Waals surface area contributed by atoms with E-state index in [1.54, 1.807) is 11.1 Å². The Kier molecular flexibility index (Phi) is 22.1. The Hall–Kier alpha value is -0.0900. The van der Waals surface area contributed by atoms with E-state index in [2.05, 4.69) is 39.8 Å². The van der Waals surface area contributed by atoms with Crippen LogP contribution in [0.3, 0.4) is 0 Å². The van der Waals surface area contributed by atoms with Gasteiger partial charge in [0.2, 0.25) is 0 Å². The summed E-state index contributed by atoms with van der Waals surface area (Å²) in [6.45, 7) is 9.25. The Morgan fingerprint density at radius 3 is 1.04 bits per heavy atom. The van der Waals surface area contributed by atoms with E-state index in [9.17, 15) is 0 Å². The first kappa shape index (κ1) is 26.9. The lowest BCUT2D eigenvalue weighted by molar-refractivity contribution is 0.658. The predicted octanol–water partition coefficient (Wildman–Crippen LogP) is 9.84. The van der Waals surface area contributed by atoms with Crippen molar-refractivity contribution in [1.82, 2.24) is 0 Å². The smallest absolute Gasteiger partial charge is 0.0167 e. The average molecular weight is 395 g/mol. The third kappa shape index (κ3) is 19.0. The van der Waals surface area contributed by atoms with Crippen LogP contribution < -0.4 is 0 Å². The van der Waals surface area contributed by atoms with Gasteiger partial charge in [-0.2, -0.15) is 0 Å². The number of rotatable bonds is 20. The largest absolute Gasteiger partial charge is 0.114 e. The normalized spacial score (nSPS) is 10.8. The van der Waals surface area contributed by atoms with E-state index in [-0.39, 0.29) is 0 Å². The number of unbranched alkanes of at least 4 members (excludes halogenated alkanes) is 8. The minimum atomic E-state index is 1.09. The molecule has 0 aliphatic carbocycles. The van der Waals surface area contributed by atoms with Crippen LogP contribution in [0.15, 0.2) is 23.3 Å². The molecule has 0 heterocycles. The molecular weight excluding hydrogens is 343 g/mol. The van der Waals surface area contributed by atoms with Crippen molar-refractivity contribution in [3.8, 4) is 0 Å². The molecule has 0 fully saturated rings. The molecule has 0 rings (SSSR count). The van der Waals surface area contributed by atoms with Gasteiger partial charge in [0.1, 0.15) is 0 Å². The Balaban J connectivity index is 4.31. The maximum absolute atomic E-state index is 2.62. The zero-order chi connectivity index (χ0) is 20.0. The Bertz CT molecular complexity index is 295. The van der Waals surface area contributed by atoms with E-state index in [0.29, 0.717) is 0 Å². The van der Waals surface area contributed by atoms with Gasteiger partial charge in [-0.3, -0.25) is 0 Å². The van der Waals surface area contributed by atoms with E-state index >= 15 is 0 Å². The van der Waals surface area contributed by atoms with E-state index in [4.69, 9.17) is 0 Å². The van der Waals surface area contributed by atoms with Crippen LogP contribution in [0.2, 0.25) is 0 Å². The molecule has 0 nitrogen and oxygen atoms in total. The number of hydrogen-bond donors (Lipinski definition) is 0. The summed E-state index contributed by atoms with van der Waals surface area (Å²) in [4.78, 5) is 0. The molecule has 0 unspecified atom stereocenters. The SMILES string of the molecule is CCCCCC(=CCPCC=C(CCCCC)CCCCC)CCCCC. The molecule has 0 saturated carbocycles. The van der Waals surface area contributed by atoms with Crippen molar-refractivity contribution in [3.05, 3.63) is 23.3 Å². The van der Waals surface area contributed by atoms with Gasteiger partial charge < -0.3 is 0 Å². The van der Waals surface area contributed by atoms with Crippen molar-refractivity contribution in [2.24, 2.45) is 0 Å². The minimum absolute atomic E-state index is 1.09. The molecule has 0 bridgehead atoms. The van der Waals surface area contributed by atoms with Crippen LogP contribution >= 0.6 is 8.58 Å². The lowest BCUT2D eigenvalue weighted by atomic mass is 10.0. The standard InChI is InChI=1S/C26H51P/c1-5-9-13-17-25(18-14-10-6-2)21-23-27-24-22-26(19-15-11-7-3)20-16-12-8-4/h21-22,27H,5-20,23-24H2,1-4H3. The van der Waals surface area contributed by atoms with Gasteiger partial charge in [-0.15, -0.1) is 8.58 Å². The molecule has 0 amide bonds. The molecule has 27 heavy (non-hydrogen) atoms. The van der Waals surface area contributed by atoms with Gasteiger partial charge in [-0.1, -0.05) is 102 Å². The highest BCUT2D eigenvalue weighted by Crippen LogP contribution is 2.22. The van der Waals surface area contributed by atoms with Crippen molar-refractivity contribution in [2.45, 2.75) is 130 Å². The fraction of sp³-hybridized carbons (Fsp3) is 0.846. The summed E-state index contributed by atoms with van der Waals surface area (Å²) < 4.78 is 0. The third-order valence-corrected chi connectivity index (χ3v) is 6.46. The van der Waals surface area contributed by atoms with E-state index < -0.39 is 0 Å². The van der Waals surface area contributed by atoms with Crippen LogP contribution in [-0.2, 0) is 0 Å². The van der Waals surface area contributed by atoms with Gasteiger partial charge in [0.25, 0.3) is 0 Å². The average Bonchev–Trinajstić information content (AvgIpc) is 2.67. The molecule has 0 aliphatic heterocycles. The molecule has 0 atom stereocenters. The van der Waals surface area contributed by atoms with E-state index in [1.807, 2.05) is 0 Å². The molecule has 0 aliphatic rings. The molecule has 0 aromatic carbocycles. The number of allylic oxidation sites excluding steroid dienone is 4. The number of hydrogen-bond acceptors (Lipinski definition) is 0. The van der Waals surface area contributed by atoms with Gasteiger partial charge in [-0.05, 0) is 63.7 Å². The molecule has 0 spiro atoms. The molecule has 0 saturated heterocycles. The first-order chi connectivity index (χ1) is 13.3. The highest BCUT2D eigenvalue weighted by molar-refractivity contribution is 7.38. The monoisotopic (exact) mass is 394 g/mol. The van der Waals surface area contributed by atoms with Gasteiger partial charge in [0.15, 0.2) is 0 Å². The molecule has 0 N–H and O–H groups in total. The minimum Gasteiger partial charge on any atom is -0.114 e. The molecule has 1 heteroatoms. The molecular formula is C26H51P. The van der Waals surface area contributed by atoms with E-state index in [0.717, 1.165) is 8.58 Å². The maximum Gasteiger partial charge on any atom is -0.0167 e. The second kappa shape index (κ2) is 22.2. The van der Waals surface area contributed by atoms with Crippen LogP contribution in [0, 0.1) is 0 Å². The topological polar surface area (TPSA) is 0 Å². The quantitative estimate of drug-likeness (QED) is 0.109.